The third-order valence-corrected chi connectivity index (χ3v) is 2.92. The number of pyridine rings is 1. The Balaban J connectivity index is 2.25. The Morgan fingerprint density at radius 2 is 1.89 bits per heavy atom. The first kappa shape index (κ1) is 13.1. The quantitative estimate of drug-likeness (QED) is 0.811. The van der Waals surface area contributed by atoms with E-state index in [1.165, 1.54) is 0 Å². The summed E-state index contributed by atoms with van der Waals surface area (Å²) in [5, 5.41) is 2.81. The third kappa shape index (κ3) is 2.91. The van der Waals surface area contributed by atoms with E-state index in [0.717, 1.165) is 11.3 Å². The van der Waals surface area contributed by atoms with Gasteiger partial charge in [-0.25, -0.2) is 0 Å². The van der Waals surface area contributed by atoms with Crippen LogP contribution in [0.5, 0.6) is 0 Å². The first-order chi connectivity index (χ1) is 8.97. The van der Waals surface area contributed by atoms with E-state index >= 15 is 0 Å². The zero-order chi connectivity index (χ0) is 14.0. The smallest absolute Gasteiger partial charge is 0.257 e. The number of nitrogen functional groups attached to an aromatic ring is 1. The average Bonchev–Trinajstić information content (AvgIpc) is 2.32. The van der Waals surface area contributed by atoms with Crippen LogP contribution in [0.4, 0.5) is 11.4 Å². The maximum atomic E-state index is 12.2. The Hall–Kier alpha value is -2.36. The van der Waals surface area contributed by atoms with Crippen molar-refractivity contribution >= 4 is 17.3 Å². The van der Waals surface area contributed by atoms with Gasteiger partial charge in [-0.05, 0) is 50.6 Å². The molecular weight excluding hydrogens is 238 g/mol. The maximum absolute atomic E-state index is 12.2. The molecule has 3 N–H and O–H groups in total. The van der Waals surface area contributed by atoms with Crippen molar-refractivity contribution in [3.05, 3.63) is 52.8 Å². The fourth-order valence-electron chi connectivity index (χ4n) is 1.91. The van der Waals surface area contributed by atoms with Gasteiger partial charge in [0.2, 0.25) is 0 Å². The first-order valence-corrected chi connectivity index (χ1v) is 6.09. The van der Waals surface area contributed by atoms with Gasteiger partial charge in [0.05, 0.1) is 22.6 Å². The molecule has 0 bridgehead atoms. The van der Waals surface area contributed by atoms with Crippen LogP contribution in [0.1, 0.15) is 27.3 Å². The van der Waals surface area contributed by atoms with Gasteiger partial charge >= 0.3 is 0 Å². The van der Waals surface area contributed by atoms with E-state index in [1.54, 1.807) is 12.1 Å². The maximum Gasteiger partial charge on any atom is 0.257 e. The normalized spacial score (nSPS) is 10.3. The predicted octanol–water partition coefficient (Wildman–Crippen LogP) is 2.84. The van der Waals surface area contributed by atoms with E-state index in [2.05, 4.69) is 10.3 Å². The van der Waals surface area contributed by atoms with Crippen LogP contribution in [-0.4, -0.2) is 10.9 Å². The van der Waals surface area contributed by atoms with Gasteiger partial charge < -0.3 is 11.1 Å². The van der Waals surface area contributed by atoms with Crippen LogP contribution < -0.4 is 11.1 Å². The summed E-state index contributed by atoms with van der Waals surface area (Å²) in [7, 11) is 0. The van der Waals surface area contributed by atoms with Gasteiger partial charge in [-0.15, -0.1) is 0 Å². The summed E-state index contributed by atoms with van der Waals surface area (Å²) in [5.41, 5.74) is 10.3. The minimum Gasteiger partial charge on any atom is -0.397 e. The summed E-state index contributed by atoms with van der Waals surface area (Å²) in [6.07, 6.45) is 0. The monoisotopic (exact) mass is 255 g/mol. The van der Waals surface area contributed by atoms with Crippen molar-refractivity contribution in [1.29, 1.82) is 0 Å². The molecule has 0 aliphatic carbocycles. The molecule has 0 saturated heterocycles. The largest absolute Gasteiger partial charge is 0.397 e. The molecule has 1 heterocycles. The minimum absolute atomic E-state index is 0.194. The Kier molecular flexibility index (Phi) is 3.51. The summed E-state index contributed by atoms with van der Waals surface area (Å²) < 4.78 is 0. The summed E-state index contributed by atoms with van der Waals surface area (Å²) in [5.74, 6) is -0.194. The molecule has 0 unspecified atom stereocenters. The lowest BCUT2D eigenvalue weighted by molar-refractivity contribution is 0.102. The molecule has 0 atom stereocenters. The number of rotatable bonds is 2. The molecule has 0 aliphatic rings. The summed E-state index contributed by atoms with van der Waals surface area (Å²) >= 11 is 0. The molecule has 1 aromatic heterocycles. The van der Waals surface area contributed by atoms with E-state index < -0.39 is 0 Å². The van der Waals surface area contributed by atoms with E-state index in [1.807, 2.05) is 39.0 Å². The summed E-state index contributed by atoms with van der Waals surface area (Å²) in [4.78, 5) is 16.5. The van der Waals surface area contributed by atoms with Crippen LogP contribution in [0.15, 0.2) is 30.3 Å². The molecule has 0 radical (unpaired) electrons. The van der Waals surface area contributed by atoms with Crippen LogP contribution in [-0.2, 0) is 0 Å². The molecule has 0 spiro atoms. The van der Waals surface area contributed by atoms with E-state index in [0.29, 0.717) is 22.6 Å². The van der Waals surface area contributed by atoms with Crippen LogP contribution in [0.3, 0.4) is 0 Å². The number of hydrogen-bond donors (Lipinski definition) is 2. The molecule has 2 aromatic rings. The lowest BCUT2D eigenvalue weighted by atomic mass is 10.1. The van der Waals surface area contributed by atoms with Crippen molar-refractivity contribution in [1.82, 2.24) is 4.98 Å². The average molecular weight is 255 g/mol. The number of nitrogens with zero attached hydrogens (tertiary/aromatic N) is 1. The van der Waals surface area contributed by atoms with Crippen molar-refractivity contribution in [2.75, 3.05) is 11.1 Å². The van der Waals surface area contributed by atoms with Crippen molar-refractivity contribution in [2.45, 2.75) is 20.8 Å². The number of aryl methyl sites for hydroxylation is 3. The molecule has 0 fully saturated rings. The molecule has 4 nitrogen and oxygen atoms in total. The number of nitrogens with two attached hydrogens (primary N) is 1. The highest BCUT2D eigenvalue weighted by atomic mass is 16.1. The summed E-state index contributed by atoms with van der Waals surface area (Å²) in [6.45, 7) is 5.67. The van der Waals surface area contributed by atoms with Crippen LogP contribution >= 0.6 is 0 Å². The number of hydrogen-bond acceptors (Lipinski definition) is 3. The Labute approximate surface area is 112 Å². The molecule has 98 valence electrons. The van der Waals surface area contributed by atoms with Gasteiger partial charge in [-0.1, -0.05) is 6.07 Å². The molecule has 1 amide bonds. The number of amides is 1. The molecule has 1 aromatic carbocycles. The molecule has 19 heavy (non-hydrogen) atoms. The second-order valence-corrected chi connectivity index (χ2v) is 4.63. The van der Waals surface area contributed by atoms with Gasteiger partial charge in [-0.3, -0.25) is 9.78 Å². The summed E-state index contributed by atoms with van der Waals surface area (Å²) in [6, 6.07) is 9.14. The zero-order valence-electron chi connectivity index (χ0n) is 11.3. The second-order valence-electron chi connectivity index (χ2n) is 4.63. The van der Waals surface area contributed by atoms with Crippen LogP contribution in [0.25, 0.3) is 0 Å². The van der Waals surface area contributed by atoms with Gasteiger partial charge in [0.25, 0.3) is 5.91 Å². The molecular formula is C15H17N3O. The number of carbonyl (C=O) groups is 1. The molecule has 0 aliphatic heterocycles. The predicted molar refractivity (Wildman–Crippen MR) is 77.3 cm³/mol. The van der Waals surface area contributed by atoms with E-state index in [9.17, 15) is 4.79 Å². The standard InChI is InChI=1S/C15H17N3O/c1-9-4-7-14(13(16)8-9)18-15(19)12-6-5-10(2)17-11(12)3/h4-8H,16H2,1-3H3,(H,18,19). The molecule has 4 heteroatoms. The fraction of sp³-hybridized carbons (Fsp3) is 0.200. The minimum atomic E-state index is -0.194. The topological polar surface area (TPSA) is 68.0 Å². The highest BCUT2D eigenvalue weighted by Crippen LogP contribution is 2.20. The van der Waals surface area contributed by atoms with Crippen LogP contribution in [0.2, 0.25) is 0 Å². The highest BCUT2D eigenvalue weighted by Gasteiger charge is 2.11. The van der Waals surface area contributed by atoms with Gasteiger partial charge in [0, 0.05) is 5.69 Å². The Morgan fingerprint density at radius 1 is 1.16 bits per heavy atom. The number of carbonyl (C=O) groups excluding carboxylic acids is 1. The lowest BCUT2D eigenvalue weighted by Gasteiger charge is -2.10. The molecule has 0 saturated carbocycles. The van der Waals surface area contributed by atoms with Gasteiger partial charge in [0.15, 0.2) is 0 Å². The van der Waals surface area contributed by atoms with Crippen molar-refractivity contribution in [3.8, 4) is 0 Å². The number of aromatic nitrogens is 1. The molecule has 2 rings (SSSR count). The number of anilines is 2. The van der Waals surface area contributed by atoms with Crippen molar-refractivity contribution in [3.63, 3.8) is 0 Å². The zero-order valence-corrected chi connectivity index (χ0v) is 11.3. The third-order valence-electron chi connectivity index (χ3n) is 2.92. The number of benzene rings is 1. The fourth-order valence-corrected chi connectivity index (χ4v) is 1.91. The number of nitrogens with one attached hydrogen (secondary N) is 1. The van der Waals surface area contributed by atoms with E-state index in [4.69, 9.17) is 5.73 Å². The van der Waals surface area contributed by atoms with E-state index in [-0.39, 0.29) is 5.91 Å². The van der Waals surface area contributed by atoms with Crippen LogP contribution in [0, 0.1) is 20.8 Å². The first-order valence-electron chi connectivity index (χ1n) is 6.09. The Bertz CT molecular complexity index is 635. The SMILES string of the molecule is Cc1ccc(NC(=O)c2ccc(C)nc2C)c(N)c1. The lowest BCUT2D eigenvalue weighted by Crippen LogP contribution is -2.15. The highest BCUT2D eigenvalue weighted by molar-refractivity contribution is 6.06. The van der Waals surface area contributed by atoms with Crippen molar-refractivity contribution in [2.24, 2.45) is 0 Å². The second kappa shape index (κ2) is 5.10. The van der Waals surface area contributed by atoms with Crippen molar-refractivity contribution < 1.29 is 4.79 Å². The van der Waals surface area contributed by atoms with Gasteiger partial charge in [-0.2, -0.15) is 0 Å². The Morgan fingerprint density at radius 3 is 2.53 bits per heavy atom. The van der Waals surface area contributed by atoms with Gasteiger partial charge in [0.1, 0.15) is 0 Å².